The molecule has 21 heavy (non-hydrogen) atoms. The molecule has 2 unspecified atom stereocenters. The summed E-state index contributed by atoms with van der Waals surface area (Å²) in [6, 6.07) is 6.47. The molecule has 1 amide bonds. The van der Waals surface area contributed by atoms with Crippen LogP contribution in [0.1, 0.15) is 18.1 Å². The molecule has 0 fully saturated rings. The SMILES string of the molecule is C#CCNC(=O)C(C)N1Cc2ccccc2CC1C(=O)O. The number of terminal acetylenes is 1. The first-order valence-electron chi connectivity index (χ1n) is 6.81. The number of amides is 1. The first-order chi connectivity index (χ1) is 10.0. The standard InChI is InChI=1S/C16H18N2O3/c1-3-8-17-15(19)11(2)18-10-13-7-5-4-6-12(13)9-14(18)16(20)21/h1,4-7,11,14H,8-10H2,2H3,(H,17,19)(H,20,21). The lowest BCUT2D eigenvalue weighted by molar-refractivity contribution is -0.146. The van der Waals surface area contributed by atoms with E-state index in [9.17, 15) is 14.7 Å². The molecule has 2 atom stereocenters. The topological polar surface area (TPSA) is 69.6 Å². The second-order valence-corrected chi connectivity index (χ2v) is 5.10. The monoisotopic (exact) mass is 286 g/mol. The zero-order valence-corrected chi connectivity index (χ0v) is 11.9. The van der Waals surface area contributed by atoms with Crippen LogP contribution in [0, 0.1) is 12.3 Å². The highest BCUT2D eigenvalue weighted by molar-refractivity contribution is 5.83. The van der Waals surface area contributed by atoms with Crippen molar-refractivity contribution in [2.45, 2.75) is 32.0 Å². The molecule has 5 nitrogen and oxygen atoms in total. The van der Waals surface area contributed by atoms with Crippen LogP contribution in [0.3, 0.4) is 0 Å². The Morgan fingerprint density at radius 3 is 2.76 bits per heavy atom. The van der Waals surface area contributed by atoms with E-state index in [-0.39, 0.29) is 12.5 Å². The molecule has 110 valence electrons. The zero-order chi connectivity index (χ0) is 15.4. The molecule has 0 aromatic heterocycles. The van der Waals surface area contributed by atoms with Crippen LogP contribution in [-0.2, 0) is 22.6 Å². The van der Waals surface area contributed by atoms with Crippen LogP contribution < -0.4 is 5.32 Å². The molecule has 1 aromatic rings. The number of nitrogens with one attached hydrogen (secondary N) is 1. The Morgan fingerprint density at radius 2 is 2.14 bits per heavy atom. The van der Waals surface area contributed by atoms with E-state index in [1.807, 2.05) is 24.3 Å². The van der Waals surface area contributed by atoms with E-state index in [0.717, 1.165) is 11.1 Å². The Morgan fingerprint density at radius 1 is 1.48 bits per heavy atom. The largest absolute Gasteiger partial charge is 0.480 e. The molecular formula is C16H18N2O3. The maximum absolute atomic E-state index is 12.0. The third-order valence-electron chi connectivity index (χ3n) is 3.81. The number of rotatable bonds is 4. The van der Waals surface area contributed by atoms with E-state index in [0.29, 0.717) is 13.0 Å². The summed E-state index contributed by atoms with van der Waals surface area (Å²) >= 11 is 0. The van der Waals surface area contributed by atoms with Crippen LogP contribution >= 0.6 is 0 Å². The third-order valence-corrected chi connectivity index (χ3v) is 3.81. The molecule has 1 aliphatic rings. The fourth-order valence-electron chi connectivity index (χ4n) is 2.62. The number of fused-ring (bicyclic) bond motifs is 1. The van der Waals surface area contributed by atoms with Gasteiger partial charge in [0.1, 0.15) is 6.04 Å². The van der Waals surface area contributed by atoms with Crippen molar-refractivity contribution in [2.75, 3.05) is 6.54 Å². The molecule has 2 N–H and O–H groups in total. The summed E-state index contributed by atoms with van der Waals surface area (Å²) in [5.41, 5.74) is 2.09. The smallest absolute Gasteiger partial charge is 0.321 e. The summed E-state index contributed by atoms with van der Waals surface area (Å²) in [6.07, 6.45) is 5.52. The molecule has 0 saturated heterocycles. The van der Waals surface area contributed by atoms with Gasteiger partial charge < -0.3 is 10.4 Å². The maximum atomic E-state index is 12.0. The van der Waals surface area contributed by atoms with E-state index in [2.05, 4.69) is 11.2 Å². The van der Waals surface area contributed by atoms with Gasteiger partial charge >= 0.3 is 5.97 Å². The number of benzene rings is 1. The van der Waals surface area contributed by atoms with Crippen LogP contribution in [0.25, 0.3) is 0 Å². The first kappa shape index (κ1) is 15.1. The zero-order valence-electron chi connectivity index (χ0n) is 11.9. The Kier molecular flexibility index (Phi) is 4.61. The minimum absolute atomic E-state index is 0.144. The van der Waals surface area contributed by atoms with Crippen LogP contribution in [-0.4, -0.2) is 40.5 Å². The van der Waals surface area contributed by atoms with Gasteiger partial charge in [0.2, 0.25) is 5.91 Å². The Labute approximate surface area is 124 Å². The fraction of sp³-hybridized carbons (Fsp3) is 0.375. The minimum Gasteiger partial charge on any atom is -0.480 e. The van der Waals surface area contributed by atoms with Gasteiger partial charge in [0, 0.05) is 6.54 Å². The molecule has 0 spiro atoms. The number of hydrogen-bond acceptors (Lipinski definition) is 3. The summed E-state index contributed by atoms with van der Waals surface area (Å²) in [7, 11) is 0. The van der Waals surface area contributed by atoms with Crippen LogP contribution in [0.4, 0.5) is 0 Å². The van der Waals surface area contributed by atoms with Crippen molar-refractivity contribution in [3.05, 3.63) is 35.4 Å². The van der Waals surface area contributed by atoms with Crippen molar-refractivity contribution in [2.24, 2.45) is 0 Å². The Hall–Kier alpha value is -2.32. The van der Waals surface area contributed by atoms with Gasteiger partial charge in [-0.25, -0.2) is 0 Å². The number of hydrogen-bond donors (Lipinski definition) is 2. The molecule has 0 radical (unpaired) electrons. The maximum Gasteiger partial charge on any atom is 0.321 e. The first-order valence-corrected chi connectivity index (χ1v) is 6.81. The number of aliphatic carboxylic acids is 1. The molecule has 0 saturated carbocycles. The van der Waals surface area contributed by atoms with Gasteiger partial charge in [-0.2, -0.15) is 0 Å². The minimum atomic E-state index is -0.916. The van der Waals surface area contributed by atoms with Crippen LogP contribution in [0.5, 0.6) is 0 Å². The number of nitrogens with zero attached hydrogens (tertiary/aromatic N) is 1. The fourth-order valence-corrected chi connectivity index (χ4v) is 2.62. The van der Waals surface area contributed by atoms with Crippen LogP contribution in [0.15, 0.2) is 24.3 Å². The number of carbonyl (C=O) groups is 2. The van der Waals surface area contributed by atoms with Gasteiger partial charge in [-0.1, -0.05) is 30.2 Å². The molecule has 1 aromatic carbocycles. The summed E-state index contributed by atoms with van der Waals surface area (Å²) < 4.78 is 0. The summed E-state index contributed by atoms with van der Waals surface area (Å²) in [5.74, 6) is 1.17. The van der Waals surface area contributed by atoms with Gasteiger partial charge in [0.25, 0.3) is 0 Å². The van der Waals surface area contributed by atoms with Gasteiger partial charge in [-0.3, -0.25) is 14.5 Å². The van der Waals surface area contributed by atoms with Gasteiger partial charge in [0.15, 0.2) is 0 Å². The van der Waals surface area contributed by atoms with Gasteiger partial charge in [-0.15, -0.1) is 6.42 Å². The summed E-state index contributed by atoms with van der Waals surface area (Å²) in [5, 5.41) is 12.0. The number of carboxylic acids is 1. The Balaban J connectivity index is 2.22. The predicted molar refractivity (Wildman–Crippen MR) is 78.4 cm³/mol. The Bertz CT molecular complexity index is 591. The van der Waals surface area contributed by atoms with Crippen molar-refractivity contribution in [3.63, 3.8) is 0 Å². The molecule has 1 aliphatic heterocycles. The number of carbonyl (C=O) groups excluding carboxylic acids is 1. The van der Waals surface area contributed by atoms with Crippen molar-refractivity contribution in [1.82, 2.24) is 10.2 Å². The van der Waals surface area contributed by atoms with Gasteiger partial charge in [-0.05, 0) is 24.5 Å². The quantitative estimate of drug-likeness (QED) is 0.797. The second kappa shape index (κ2) is 6.42. The summed E-state index contributed by atoms with van der Waals surface area (Å²) in [6.45, 7) is 2.29. The molecule has 2 rings (SSSR count). The van der Waals surface area contributed by atoms with E-state index in [1.165, 1.54) is 0 Å². The van der Waals surface area contributed by atoms with Crippen LogP contribution in [0.2, 0.25) is 0 Å². The highest BCUT2D eigenvalue weighted by Gasteiger charge is 2.36. The molecule has 1 heterocycles. The van der Waals surface area contributed by atoms with E-state index < -0.39 is 18.1 Å². The molecule has 0 aliphatic carbocycles. The predicted octanol–water partition coefficient (Wildman–Crippen LogP) is 0.636. The third kappa shape index (κ3) is 3.23. The lowest BCUT2D eigenvalue weighted by atomic mass is 9.92. The highest BCUT2D eigenvalue weighted by atomic mass is 16.4. The molecule has 0 bridgehead atoms. The lowest BCUT2D eigenvalue weighted by Crippen LogP contribution is -2.54. The average molecular weight is 286 g/mol. The van der Waals surface area contributed by atoms with E-state index in [1.54, 1.807) is 11.8 Å². The van der Waals surface area contributed by atoms with E-state index in [4.69, 9.17) is 6.42 Å². The average Bonchev–Trinajstić information content (AvgIpc) is 2.50. The normalized spacial score (nSPS) is 19.1. The van der Waals surface area contributed by atoms with E-state index >= 15 is 0 Å². The molecule has 5 heteroatoms. The van der Waals surface area contributed by atoms with Crippen molar-refractivity contribution in [3.8, 4) is 12.3 Å². The lowest BCUT2D eigenvalue weighted by Gasteiger charge is -2.37. The number of carboxylic acid groups (broad SMARTS) is 1. The second-order valence-electron chi connectivity index (χ2n) is 5.10. The van der Waals surface area contributed by atoms with Crippen molar-refractivity contribution >= 4 is 11.9 Å². The highest BCUT2D eigenvalue weighted by Crippen LogP contribution is 2.25. The molecular weight excluding hydrogens is 268 g/mol. The van der Waals surface area contributed by atoms with Crippen molar-refractivity contribution < 1.29 is 14.7 Å². The summed E-state index contributed by atoms with van der Waals surface area (Å²) in [4.78, 5) is 25.3. The van der Waals surface area contributed by atoms with Crippen molar-refractivity contribution in [1.29, 1.82) is 0 Å². The van der Waals surface area contributed by atoms with Gasteiger partial charge in [0.05, 0.1) is 12.6 Å².